The van der Waals surface area contributed by atoms with Gasteiger partial charge in [0, 0.05) is 0 Å². The summed E-state index contributed by atoms with van der Waals surface area (Å²) in [6, 6.07) is 0. The van der Waals surface area contributed by atoms with Crippen molar-refractivity contribution in [3.63, 3.8) is 0 Å². The molecule has 10 heavy (non-hydrogen) atoms. The molecule has 0 atom stereocenters. The van der Waals surface area contributed by atoms with Crippen LogP contribution in [0.1, 0.15) is 0 Å². The molecule has 1 N–H and O–H groups in total. The molecule has 0 saturated heterocycles. The summed E-state index contributed by atoms with van der Waals surface area (Å²) >= 11 is 0. The van der Waals surface area contributed by atoms with Crippen LogP contribution in [0.3, 0.4) is 0 Å². The topological polar surface area (TPSA) is 104 Å². The van der Waals surface area contributed by atoms with Gasteiger partial charge in [0.15, 0.2) is 0 Å². The summed E-state index contributed by atoms with van der Waals surface area (Å²) in [5.41, 5.74) is 0. The van der Waals surface area contributed by atoms with E-state index in [1.54, 1.807) is 0 Å². The summed E-state index contributed by atoms with van der Waals surface area (Å²) in [5.74, 6) is -1.48. The van der Waals surface area contributed by atoms with Crippen LogP contribution in [-0.2, 0) is 19.4 Å². The molecule has 0 amide bonds. The van der Waals surface area contributed by atoms with Gasteiger partial charge in [-0.1, -0.05) is 0 Å². The number of carbonyl (C=O) groups is 1. The van der Waals surface area contributed by atoms with E-state index in [-0.39, 0.29) is 29.6 Å². The molecule has 0 aromatic heterocycles. The van der Waals surface area contributed by atoms with Crippen molar-refractivity contribution >= 4 is 16.4 Å². The number of rotatable bonds is 2. The van der Waals surface area contributed by atoms with Crippen molar-refractivity contribution in [3.8, 4) is 0 Å². The molecule has 0 aromatic carbocycles. The van der Waals surface area contributed by atoms with Gasteiger partial charge in [0.25, 0.3) is 10.4 Å². The Morgan fingerprint density at radius 1 is 1.60 bits per heavy atom. The summed E-state index contributed by atoms with van der Waals surface area (Å²) in [5, 5.41) is 7.82. The molecule has 0 fully saturated rings. The van der Waals surface area contributed by atoms with Gasteiger partial charge in [-0.3, -0.25) is 0 Å². The molecule has 0 rings (SSSR count). The van der Waals surface area contributed by atoms with Crippen LogP contribution in [0.5, 0.6) is 0 Å². The van der Waals surface area contributed by atoms with Gasteiger partial charge in [-0.05, 0) is 0 Å². The van der Waals surface area contributed by atoms with Crippen molar-refractivity contribution in [3.05, 3.63) is 0 Å². The molecule has 0 heterocycles. The monoisotopic (exact) mass is 178 g/mol. The second-order valence-corrected chi connectivity index (χ2v) is 2.00. The van der Waals surface area contributed by atoms with Crippen LogP contribution >= 0.6 is 0 Å². The smallest absolute Gasteiger partial charge is 0.716 e. The Morgan fingerprint density at radius 3 is 2.10 bits per heavy atom. The van der Waals surface area contributed by atoms with Gasteiger partial charge in [0.2, 0.25) is 0 Å². The maximum Gasteiger partial charge on any atom is 1.00 e. The molecule has 54 valence electrons. The summed E-state index contributed by atoms with van der Waals surface area (Å²) < 4.78 is 31.6. The SMILES string of the molecule is O=C(CO)OS(=O)(=O)[O-].[Na+]. The summed E-state index contributed by atoms with van der Waals surface area (Å²) in [7, 11) is -4.99. The molecular formula is C2H3NaO6S. The minimum atomic E-state index is -4.99. The van der Waals surface area contributed by atoms with Crippen molar-refractivity contribution in [2.75, 3.05) is 6.61 Å². The third kappa shape index (κ3) is 8.34. The Balaban J connectivity index is 0. The van der Waals surface area contributed by atoms with E-state index < -0.39 is 23.0 Å². The van der Waals surface area contributed by atoms with E-state index in [0.29, 0.717) is 0 Å². The standard InChI is InChI=1S/C2H4O6S.Na/c3-1-2(4)8-9(5,6)7;/h3H,1H2,(H,5,6,7);/q;+1/p-1. The third-order valence-electron chi connectivity index (χ3n) is 0.324. The van der Waals surface area contributed by atoms with Crippen LogP contribution in [0.15, 0.2) is 0 Å². The maximum atomic E-state index is 9.78. The van der Waals surface area contributed by atoms with Crippen molar-refractivity contribution in [2.45, 2.75) is 0 Å². The van der Waals surface area contributed by atoms with Crippen LogP contribution in [0.2, 0.25) is 0 Å². The second-order valence-electron chi connectivity index (χ2n) is 1.02. The van der Waals surface area contributed by atoms with Crippen LogP contribution in [0.25, 0.3) is 0 Å². The van der Waals surface area contributed by atoms with Crippen molar-refractivity contribution in [2.24, 2.45) is 0 Å². The number of carbonyl (C=O) groups excluding carboxylic acids is 1. The molecule has 6 nitrogen and oxygen atoms in total. The van der Waals surface area contributed by atoms with Gasteiger partial charge in [0.05, 0.1) is 0 Å². The summed E-state index contributed by atoms with van der Waals surface area (Å²) in [6.45, 7) is -1.12. The second kappa shape index (κ2) is 5.05. The average Bonchev–Trinajstić information content (AvgIpc) is 1.62. The van der Waals surface area contributed by atoms with Gasteiger partial charge >= 0.3 is 35.5 Å². The van der Waals surface area contributed by atoms with Crippen LogP contribution in [-0.4, -0.2) is 30.7 Å². The van der Waals surface area contributed by atoms with Crippen molar-refractivity contribution < 1.29 is 56.6 Å². The predicted molar refractivity (Wildman–Crippen MR) is 22.9 cm³/mol. The minimum absolute atomic E-state index is 0. The molecular weight excluding hydrogens is 175 g/mol. The Hall–Kier alpha value is 0.340. The van der Waals surface area contributed by atoms with E-state index in [1.165, 1.54) is 0 Å². The van der Waals surface area contributed by atoms with Crippen LogP contribution in [0, 0.1) is 0 Å². The summed E-state index contributed by atoms with van der Waals surface area (Å²) in [6.07, 6.45) is 0. The first-order valence-corrected chi connectivity index (χ1v) is 3.08. The first-order valence-electron chi connectivity index (χ1n) is 1.74. The Morgan fingerprint density at radius 2 is 2.00 bits per heavy atom. The first kappa shape index (κ1) is 13.0. The predicted octanol–water partition coefficient (Wildman–Crippen LogP) is -5.01. The molecule has 0 saturated carbocycles. The number of hydrogen-bond donors (Lipinski definition) is 1. The van der Waals surface area contributed by atoms with Gasteiger partial charge in [-0.15, -0.1) is 0 Å². The normalized spacial score (nSPS) is 9.80. The van der Waals surface area contributed by atoms with E-state index in [1.807, 2.05) is 0 Å². The molecule has 0 aliphatic carbocycles. The molecule has 0 radical (unpaired) electrons. The minimum Gasteiger partial charge on any atom is -0.716 e. The zero-order valence-electron chi connectivity index (χ0n) is 5.10. The first-order chi connectivity index (χ1) is 3.95. The zero-order chi connectivity index (χ0) is 7.49. The molecule has 0 bridgehead atoms. The molecule has 0 aromatic rings. The maximum absolute atomic E-state index is 9.78. The van der Waals surface area contributed by atoms with E-state index >= 15 is 0 Å². The van der Waals surface area contributed by atoms with Crippen molar-refractivity contribution in [1.29, 1.82) is 0 Å². The van der Waals surface area contributed by atoms with E-state index in [4.69, 9.17) is 5.11 Å². The Labute approximate surface area is 79.4 Å². The van der Waals surface area contributed by atoms with Gasteiger partial charge in [-0.2, -0.15) is 0 Å². The largest absolute Gasteiger partial charge is 1.00 e. The molecule has 0 aliphatic heterocycles. The Kier molecular flexibility index (Phi) is 6.55. The van der Waals surface area contributed by atoms with Crippen LogP contribution in [0.4, 0.5) is 0 Å². The van der Waals surface area contributed by atoms with Gasteiger partial charge in [-0.25, -0.2) is 13.2 Å². The average molecular weight is 178 g/mol. The quantitative estimate of drug-likeness (QED) is 0.258. The van der Waals surface area contributed by atoms with E-state index in [9.17, 15) is 17.8 Å². The van der Waals surface area contributed by atoms with Crippen LogP contribution < -0.4 is 29.6 Å². The number of aliphatic hydroxyl groups excluding tert-OH is 1. The Bertz CT molecular complexity index is 194. The van der Waals surface area contributed by atoms with E-state index in [0.717, 1.165) is 0 Å². The van der Waals surface area contributed by atoms with Gasteiger partial charge < -0.3 is 13.8 Å². The third-order valence-corrected chi connectivity index (χ3v) is 0.714. The molecule has 0 aliphatic rings. The molecule has 8 heteroatoms. The van der Waals surface area contributed by atoms with Crippen molar-refractivity contribution in [1.82, 2.24) is 0 Å². The summed E-state index contributed by atoms with van der Waals surface area (Å²) in [4.78, 5) is 9.78. The van der Waals surface area contributed by atoms with E-state index in [2.05, 4.69) is 4.18 Å². The molecule has 0 unspecified atom stereocenters. The fourth-order valence-corrected chi connectivity index (χ4v) is 0.421. The number of aliphatic hydroxyl groups is 1. The fourth-order valence-electron chi connectivity index (χ4n) is 0.140. The van der Waals surface area contributed by atoms with Gasteiger partial charge in [0.1, 0.15) is 6.61 Å². The fraction of sp³-hybridized carbons (Fsp3) is 0.500. The zero-order valence-corrected chi connectivity index (χ0v) is 7.92. The number of hydrogen-bond acceptors (Lipinski definition) is 6. The molecule has 0 spiro atoms.